The number of ether oxygens (including phenoxy) is 1. The Labute approximate surface area is 213 Å². The summed E-state index contributed by atoms with van der Waals surface area (Å²) in [5.74, 6) is 0.261. The topological polar surface area (TPSA) is 65.0 Å². The first-order valence-electron chi connectivity index (χ1n) is 12.4. The molecule has 0 spiro atoms. The molecule has 2 N–H and O–H groups in total. The molecule has 188 valence electrons. The third-order valence-electron chi connectivity index (χ3n) is 6.75. The lowest BCUT2D eigenvalue weighted by molar-refractivity contribution is 0.0301. The van der Waals surface area contributed by atoms with Crippen LogP contribution in [-0.2, 0) is 11.3 Å². The van der Waals surface area contributed by atoms with E-state index in [9.17, 15) is 9.90 Å². The Morgan fingerprint density at radius 2 is 1.81 bits per heavy atom. The van der Waals surface area contributed by atoms with E-state index in [0.717, 1.165) is 36.3 Å². The minimum atomic E-state index is -0.504. The molecule has 0 radical (unpaired) electrons. The zero-order valence-electron chi connectivity index (χ0n) is 21.0. The number of carbonyl (C=O) groups excluding carboxylic acids is 1. The number of amides is 1. The van der Waals surface area contributed by atoms with Gasteiger partial charge in [-0.25, -0.2) is 4.79 Å². The Bertz CT molecular complexity index is 1170. The number of phenolic OH excluding ortho intramolecular Hbond substituents is 1. The molecule has 0 aliphatic carbocycles. The molecule has 6 heteroatoms. The first-order chi connectivity index (χ1) is 17.5. The molecule has 1 amide bonds. The molecule has 1 heterocycles. The van der Waals surface area contributed by atoms with Crippen LogP contribution in [-0.4, -0.2) is 52.7 Å². The number of rotatable bonds is 8. The number of nitrogens with zero attached hydrogens (tertiary/aromatic N) is 2. The van der Waals surface area contributed by atoms with Crippen molar-refractivity contribution in [2.45, 2.75) is 38.6 Å². The number of hydrogen-bond donors (Lipinski definition) is 2. The lowest BCUT2D eigenvalue weighted by atomic mass is 9.92. The zero-order chi connectivity index (χ0) is 25.5. The van der Waals surface area contributed by atoms with E-state index < -0.39 is 6.09 Å². The Balaban J connectivity index is 1.58. The Morgan fingerprint density at radius 1 is 1.06 bits per heavy atom. The highest BCUT2D eigenvalue weighted by Gasteiger charge is 2.35. The van der Waals surface area contributed by atoms with Gasteiger partial charge in [-0.15, -0.1) is 6.58 Å². The quantitative estimate of drug-likeness (QED) is 0.394. The van der Waals surface area contributed by atoms with Crippen molar-refractivity contribution in [2.75, 3.05) is 25.0 Å². The van der Waals surface area contributed by atoms with Gasteiger partial charge in [0.2, 0.25) is 0 Å². The van der Waals surface area contributed by atoms with Crippen molar-refractivity contribution in [3.8, 4) is 5.75 Å². The normalized spacial score (nSPS) is 19.4. The van der Waals surface area contributed by atoms with Crippen LogP contribution < -0.4 is 5.32 Å². The van der Waals surface area contributed by atoms with Gasteiger partial charge in [0.1, 0.15) is 12.4 Å². The number of aromatic hydroxyl groups is 1. The third kappa shape index (κ3) is 6.14. The van der Waals surface area contributed by atoms with Gasteiger partial charge in [-0.2, -0.15) is 0 Å². The molecule has 6 nitrogen and oxygen atoms in total. The number of benzene rings is 3. The van der Waals surface area contributed by atoms with Crippen LogP contribution in [0, 0.1) is 0 Å². The number of nitrogens with one attached hydrogen (secondary N) is 1. The van der Waals surface area contributed by atoms with Crippen molar-refractivity contribution in [2.24, 2.45) is 0 Å². The van der Waals surface area contributed by atoms with Gasteiger partial charge in [0, 0.05) is 43.0 Å². The van der Waals surface area contributed by atoms with Crippen LogP contribution in [0.15, 0.2) is 91.5 Å². The van der Waals surface area contributed by atoms with Gasteiger partial charge in [0.15, 0.2) is 0 Å². The molecule has 0 saturated carbocycles. The van der Waals surface area contributed by atoms with E-state index in [2.05, 4.69) is 35.5 Å². The lowest BCUT2D eigenvalue weighted by Gasteiger charge is -2.47. The van der Waals surface area contributed by atoms with E-state index in [1.807, 2.05) is 78.9 Å². The van der Waals surface area contributed by atoms with Crippen molar-refractivity contribution in [3.63, 3.8) is 0 Å². The molecule has 1 aliphatic heterocycles. The molecule has 36 heavy (non-hydrogen) atoms. The molecule has 3 aromatic rings. The fraction of sp³-hybridized carbons (Fsp3) is 0.300. The molecule has 0 aromatic heterocycles. The van der Waals surface area contributed by atoms with E-state index >= 15 is 0 Å². The summed E-state index contributed by atoms with van der Waals surface area (Å²) in [5.41, 5.74) is 3.42. The highest BCUT2D eigenvalue weighted by molar-refractivity contribution is 5.84. The molecule has 1 fully saturated rings. The first-order valence-corrected chi connectivity index (χ1v) is 12.4. The van der Waals surface area contributed by atoms with Crippen LogP contribution in [0.3, 0.4) is 0 Å². The second kappa shape index (κ2) is 11.9. The van der Waals surface area contributed by atoms with Gasteiger partial charge in [-0.3, -0.25) is 15.1 Å². The summed E-state index contributed by atoms with van der Waals surface area (Å²) in [5, 5.41) is 13.7. The molecule has 1 aliphatic rings. The molecule has 4 rings (SSSR count). The van der Waals surface area contributed by atoms with Crippen molar-refractivity contribution in [1.29, 1.82) is 0 Å². The number of phenols is 1. The first kappa shape index (κ1) is 25.5. The Hall–Kier alpha value is -3.61. The van der Waals surface area contributed by atoms with Crippen LogP contribution in [0.1, 0.15) is 36.6 Å². The Morgan fingerprint density at radius 3 is 2.56 bits per heavy atom. The van der Waals surface area contributed by atoms with E-state index in [4.69, 9.17) is 4.74 Å². The summed E-state index contributed by atoms with van der Waals surface area (Å²) in [6.07, 6.45) is 1.45. The highest BCUT2D eigenvalue weighted by Crippen LogP contribution is 2.38. The molecule has 3 atom stereocenters. The molecular formula is C30H35N3O3. The average Bonchev–Trinajstić information content (AvgIpc) is 2.88. The lowest BCUT2D eigenvalue weighted by Crippen LogP contribution is -2.57. The molecular weight excluding hydrogens is 450 g/mol. The summed E-state index contributed by atoms with van der Waals surface area (Å²) in [6, 6.07) is 25.3. The summed E-state index contributed by atoms with van der Waals surface area (Å²) >= 11 is 0. The average molecular weight is 486 g/mol. The van der Waals surface area contributed by atoms with Crippen molar-refractivity contribution >= 4 is 11.8 Å². The maximum absolute atomic E-state index is 12.5. The van der Waals surface area contributed by atoms with E-state index in [0.29, 0.717) is 11.7 Å². The predicted molar refractivity (Wildman–Crippen MR) is 144 cm³/mol. The minimum Gasteiger partial charge on any atom is -0.508 e. The van der Waals surface area contributed by atoms with Crippen LogP contribution in [0.2, 0.25) is 0 Å². The van der Waals surface area contributed by atoms with Gasteiger partial charge in [-0.05, 0) is 43.2 Å². The molecule has 0 bridgehead atoms. The monoisotopic (exact) mass is 485 g/mol. The van der Waals surface area contributed by atoms with Gasteiger partial charge >= 0.3 is 6.09 Å². The van der Waals surface area contributed by atoms with Crippen LogP contribution in [0.25, 0.3) is 0 Å². The van der Waals surface area contributed by atoms with Gasteiger partial charge in [-0.1, -0.05) is 66.7 Å². The molecule has 0 unspecified atom stereocenters. The fourth-order valence-corrected chi connectivity index (χ4v) is 4.94. The summed E-state index contributed by atoms with van der Waals surface area (Å²) < 4.78 is 5.40. The van der Waals surface area contributed by atoms with Gasteiger partial charge in [0.05, 0.1) is 6.04 Å². The number of anilines is 1. The standard InChI is InChI=1S/C30H35N3O3/c1-4-17-32-19-23(3)33(20-22(32)2)29(27-15-8-9-16-28(27)34)25-13-10-14-26(18-25)31-30(35)36-21-24-11-6-5-7-12-24/h4-16,18,22-23,29,34H,1,17,19-21H2,2-3H3,(H,31,35)/t22-,23+,29-/m1/s1. The fourth-order valence-electron chi connectivity index (χ4n) is 4.94. The van der Waals surface area contributed by atoms with Crippen molar-refractivity contribution < 1.29 is 14.6 Å². The molecule has 1 saturated heterocycles. The van der Waals surface area contributed by atoms with Crippen molar-refractivity contribution in [1.82, 2.24) is 9.80 Å². The SMILES string of the molecule is C=CCN1C[C@H](C)N([C@H](c2cccc(NC(=O)OCc3ccccc3)c2)c2ccccc2O)C[C@H]1C. The largest absolute Gasteiger partial charge is 0.508 e. The number of para-hydroxylation sites is 1. The highest BCUT2D eigenvalue weighted by atomic mass is 16.5. The minimum absolute atomic E-state index is 0.170. The van der Waals surface area contributed by atoms with E-state index in [-0.39, 0.29) is 24.4 Å². The van der Waals surface area contributed by atoms with Gasteiger partial charge < -0.3 is 9.84 Å². The zero-order valence-corrected chi connectivity index (χ0v) is 21.0. The maximum atomic E-state index is 12.5. The number of piperazine rings is 1. The number of hydrogen-bond acceptors (Lipinski definition) is 5. The van der Waals surface area contributed by atoms with Crippen LogP contribution in [0.5, 0.6) is 5.75 Å². The summed E-state index contributed by atoms with van der Waals surface area (Å²) in [7, 11) is 0. The van der Waals surface area contributed by atoms with E-state index in [1.165, 1.54) is 0 Å². The van der Waals surface area contributed by atoms with Crippen LogP contribution >= 0.6 is 0 Å². The second-order valence-electron chi connectivity index (χ2n) is 9.41. The van der Waals surface area contributed by atoms with E-state index in [1.54, 1.807) is 6.07 Å². The number of carbonyl (C=O) groups is 1. The smallest absolute Gasteiger partial charge is 0.411 e. The Kier molecular flexibility index (Phi) is 8.41. The van der Waals surface area contributed by atoms with Crippen LogP contribution in [0.4, 0.5) is 10.5 Å². The summed E-state index contributed by atoms with van der Waals surface area (Å²) in [4.78, 5) is 17.4. The van der Waals surface area contributed by atoms with Crippen molar-refractivity contribution in [3.05, 3.63) is 108 Å². The predicted octanol–water partition coefficient (Wildman–Crippen LogP) is 5.81. The molecule has 3 aromatic carbocycles. The summed E-state index contributed by atoms with van der Waals surface area (Å²) in [6.45, 7) is 11.2. The second-order valence-corrected chi connectivity index (χ2v) is 9.41. The maximum Gasteiger partial charge on any atom is 0.411 e. The van der Waals surface area contributed by atoms with Gasteiger partial charge in [0.25, 0.3) is 0 Å². The third-order valence-corrected chi connectivity index (χ3v) is 6.75.